The topological polar surface area (TPSA) is 21.3 Å². The van der Waals surface area contributed by atoms with Crippen LogP contribution in [-0.4, -0.2) is 19.2 Å². The molecule has 2 nitrogen and oxygen atoms in total. The van der Waals surface area contributed by atoms with Gasteiger partial charge in [-0.1, -0.05) is 31.2 Å². The number of rotatable bonds is 4. The van der Waals surface area contributed by atoms with Gasteiger partial charge in [0.05, 0.1) is 12.7 Å². The highest BCUT2D eigenvalue weighted by Crippen LogP contribution is 2.10. The van der Waals surface area contributed by atoms with Crippen LogP contribution in [0.4, 0.5) is 0 Å². The van der Waals surface area contributed by atoms with E-state index >= 15 is 0 Å². The molecule has 0 bridgehead atoms. The van der Waals surface area contributed by atoms with Crippen LogP contribution in [-0.2, 0) is 17.8 Å². The average Bonchev–Trinajstić information content (AvgIpc) is 2.79. The molecule has 1 saturated heterocycles. The Morgan fingerprint density at radius 1 is 1.40 bits per heavy atom. The van der Waals surface area contributed by atoms with Crippen molar-refractivity contribution in [2.45, 2.75) is 32.5 Å². The highest BCUT2D eigenvalue weighted by Gasteiger charge is 2.14. The summed E-state index contributed by atoms with van der Waals surface area (Å²) in [5.74, 6) is 0. The van der Waals surface area contributed by atoms with Crippen LogP contribution >= 0.6 is 0 Å². The lowest BCUT2D eigenvalue weighted by Crippen LogP contribution is -2.16. The molecular weight excluding hydrogens is 186 g/mol. The molecule has 0 spiro atoms. The molecule has 1 heterocycles. The Hall–Kier alpha value is -0.860. The molecule has 1 aliphatic rings. The Labute approximate surface area is 91.6 Å². The number of hydrogen-bond donors (Lipinski definition) is 1. The Morgan fingerprint density at radius 2 is 2.27 bits per heavy atom. The number of hydrogen-bond acceptors (Lipinski definition) is 2. The van der Waals surface area contributed by atoms with Crippen LogP contribution in [0.1, 0.15) is 24.5 Å². The van der Waals surface area contributed by atoms with Crippen LogP contribution in [0.15, 0.2) is 24.3 Å². The van der Waals surface area contributed by atoms with E-state index in [9.17, 15) is 0 Å². The van der Waals surface area contributed by atoms with Crippen LogP contribution in [0, 0.1) is 0 Å². The third-order valence-corrected chi connectivity index (χ3v) is 2.90. The van der Waals surface area contributed by atoms with E-state index in [-0.39, 0.29) is 0 Å². The molecule has 0 amide bonds. The number of nitrogens with one attached hydrogen (secondary N) is 1. The zero-order chi connectivity index (χ0) is 10.5. The van der Waals surface area contributed by atoms with E-state index in [4.69, 9.17) is 4.74 Å². The van der Waals surface area contributed by atoms with Crippen molar-refractivity contribution in [3.8, 4) is 0 Å². The van der Waals surface area contributed by atoms with Crippen molar-refractivity contribution in [2.75, 3.05) is 13.1 Å². The summed E-state index contributed by atoms with van der Waals surface area (Å²) in [6, 6.07) is 8.66. The zero-order valence-corrected chi connectivity index (χ0v) is 9.33. The second-order valence-electron chi connectivity index (χ2n) is 4.10. The van der Waals surface area contributed by atoms with Crippen LogP contribution < -0.4 is 5.32 Å². The van der Waals surface area contributed by atoms with Crippen molar-refractivity contribution in [1.82, 2.24) is 5.32 Å². The number of benzene rings is 1. The van der Waals surface area contributed by atoms with Crippen molar-refractivity contribution >= 4 is 0 Å². The lowest BCUT2D eigenvalue weighted by Gasteiger charge is -2.10. The number of ether oxygens (including phenoxy) is 1. The summed E-state index contributed by atoms with van der Waals surface area (Å²) in [6.45, 7) is 5.04. The van der Waals surface area contributed by atoms with Crippen LogP contribution in [0.3, 0.4) is 0 Å². The van der Waals surface area contributed by atoms with Gasteiger partial charge < -0.3 is 10.1 Å². The van der Waals surface area contributed by atoms with Crippen LogP contribution in [0.2, 0.25) is 0 Å². The van der Waals surface area contributed by atoms with Gasteiger partial charge in [0.2, 0.25) is 0 Å². The molecule has 2 heteroatoms. The Bertz CT molecular complexity index is 305. The Morgan fingerprint density at radius 3 is 3.00 bits per heavy atom. The maximum Gasteiger partial charge on any atom is 0.0721 e. The lowest BCUT2D eigenvalue weighted by atomic mass is 10.1. The van der Waals surface area contributed by atoms with Gasteiger partial charge in [-0.05, 0) is 30.5 Å². The minimum atomic E-state index is 0.412. The van der Waals surface area contributed by atoms with Crippen molar-refractivity contribution in [3.63, 3.8) is 0 Å². The van der Waals surface area contributed by atoms with E-state index in [2.05, 4.69) is 36.5 Å². The van der Waals surface area contributed by atoms with E-state index in [0.717, 1.165) is 32.5 Å². The largest absolute Gasteiger partial charge is 0.372 e. The fourth-order valence-electron chi connectivity index (χ4n) is 1.92. The molecule has 0 radical (unpaired) electrons. The molecule has 1 N–H and O–H groups in total. The fraction of sp³-hybridized carbons (Fsp3) is 0.538. The fourth-order valence-corrected chi connectivity index (χ4v) is 1.92. The summed E-state index contributed by atoms with van der Waals surface area (Å²) in [6.07, 6.45) is 2.65. The van der Waals surface area contributed by atoms with Gasteiger partial charge in [0.25, 0.3) is 0 Å². The predicted molar refractivity (Wildman–Crippen MR) is 61.9 cm³/mol. The molecular formula is C13H19NO. The summed E-state index contributed by atoms with van der Waals surface area (Å²) in [7, 11) is 0. The Kier molecular flexibility index (Phi) is 3.75. The summed E-state index contributed by atoms with van der Waals surface area (Å²) in [5.41, 5.74) is 2.68. The summed E-state index contributed by atoms with van der Waals surface area (Å²) >= 11 is 0. The maximum atomic E-state index is 5.83. The highest BCUT2D eigenvalue weighted by molar-refractivity contribution is 5.22. The first-order valence-electron chi connectivity index (χ1n) is 5.78. The summed E-state index contributed by atoms with van der Waals surface area (Å²) < 4.78 is 5.83. The van der Waals surface area contributed by atoms with Crippen molar-refractivity contribution in [3.05, 3.63) is 35.4 Å². The highest BCUT2D eigenvalue weighted by atomic mass is 16.5. The standard InChI is InChI=1S/C13H19NO/c1-2-11-4-3-5-12(8-11)10-15-13-6-7-14-9-13/h3-5,8,13-14H,2,6-7,9-10H2,1H3/t13-/m1/s1. The van der Waals surface area contributed by atoms with E-state index in [1.54, 1.807) is 0 Å². The second kappa shape index (κ2) is 5.29. The molecule has 1 aromatic carbocycles. The van der Waals surface area contributed by atoms with Gasteiger partial charge in [0, 0.05) is 6.54 Å². The zero-order valence-electron chi connectivity index (χ0n) is 9.33. The molecule has 0 aliphatic carbocycles. The molecule has 1 aliphatic heterocycles. The molecule has 15 heavy (non-hydrogen) atoms. The van der Waals surface area contributed by atoms with Crippen LogP contribution in [0.5, 0.6) is 0 Å². The lowest BCUT2D eigenvalue weighted by molar-refractivity contribution is 0.0542. The van der Waals surface area contributed by atoms with Crippen LogP contribution in [0.25, 0.3) is 0 Å². The minimum absolute atomic E-state index is 0.412. The smallest absolute Gasteiger partial charge is 0.0721 e. The van der Waals surface area contributed by atoms with E-state index < -0.39 is 0 Å². The van der Waals surface area contributed by atoms with E-state index in [0.29, 0.717) is 6.10 Å². The van der Waals surface area contributed by atoms with Gasteiger partial charge in [-0.15, -0.1) is 0 Å². The van der Waals surface area contributed by atoms with Crippen molar-refractivity contribution < 1.29 is 4.74 Å². The van der Waals surface area contributed by atoms with Crippen molar-refractivity contribution in [1.29, 1.82) is 0 Å². The van der Waals surface area contributed by atoms with Gasteiger partial charge in [0.15, 0.2) is 0 Å². The first-order chi connectivity index (χ1) is 7.38. The van der Waals surface area contributed by atoms with Gasteiger partial charge in [-0.25, -0.2) is 0 Å². The molecule has 0 unspecified atom stereocenters. The first kappa shape index (κ1) is 10.7. The molecule has 1 fully saturated rings. The molecule has 82 valence electrons. The summed E-state index contributed by atoms with van der Waals surface area (Å²) in [5, 5.41) is 3.31. The normalized spacial score (nSPS) is 20.7. The minimum Gasteiger partial charge on any atom is -0.372 e. The SMILES string of the molecule is CCc1cccc(CO[C@@H]2CCNC2)c1. The third-order valence-electron chi connectivity index (χ3n) is 2.90. The van der Waals surface area contributed by atoms with Gasteiger partial charge in [-0.3, -0.25) is 0 Å². The third kappa shape index (κ3) is 3.05. The molecule has 2 rings (SSSR count). The molecule has 1 atom stereocenters. The molecule has 0 saturated carbocycles. The van der Waals surface area contributed by atoms with Gasteiger partial charge in [0.1, 0.15) is 0 Å². The van der Waals surface area contributed by atoms with Gasteiger partial charge in [-0.2, -0.15) is 0 Å². The van der Waals surface area contributed by atoms with E-state index in [1.807, 2.05) is 0 Å². The molecule has 1 aromatic rings. The monoisotopic (exact) mass is 205 g/mol. The summed E-state index contributed by atoms with van der Waals surface area (Å²) in [4.78, 5) is 0. The Balaban J connectivity index is 1.86. The number of aryl methyl sites for hydroxylation is 1. The second-order valence-corrected chi connectivity index (χ2v) is 4.10. The quantitative estimate of drug-likeness (QED) is 0.813. The maximum absolute atomic E-state index is 5.83. The van der Waals surface area contributed by atoms with Crippen molar-refractivity contribution in [2.24, 2.45) is 0 Å². The average molecular weight is 205 g/mol. The van der Waals surface area contributed by atoms with E-state index in [1.165, 1.54) is 11.1 Å². The van der Waals surface area contributed by atoms with Gasteiger partial charge >= 0.3 is 0 Å². The molecule has 0 aromatic heterocycles. The predicted octanol–water partition coefficient (Wildman–Crippen LogP) is 2.13. The first-order valence-corrected chi connectivity index (χ1v) is 5.78.